The minimum Gasteiger partial charge on any atom is -0.494 e. The molecule has 0 radical (unpaired) electrons. The van der Waals surface area contributed by atoms with Gasteiger partial charge in [0.2, 0.25) is 0 Å². The van der Waals surface area contributed by atoms with Gasteiger partial charge < -0.3 is 4.74 Å². The number of ketones is 1. The molecule has 2 aromatic rings. The molecule has 0 unspecified atom stereocenters. The molecule has 0 atom stereocenters. The monoisotopic (exact) mass is 286 g/mol. The smallest absolute Gasteiger partial charge is 0.195 e. The number of aryl methyl sites for hydroxylation is 1. The third kappa shape index (κ3) is 3.91. The SMILES string of the molecule is CCCCOc1ccc(C(=O)c2cc(C)ccc2F)cc1. The second-order valence-corrected chi connectivity index (χ2v) is 5.04. The summed E-state index contributed by atoms with van der Waals surface area (Å²) < 4.78 is 19.3. The van der Waals surface area contributed by atoms with Crippen LogP contribution >= 0.6 is 0 Å². The van der Waals surface area contributed by atoms with Gasteiger partial charge in [0.1, 0.15) is 11.6 Å². The van der Waals surface area contributed by atoms with Crippen molar-refractivity contribution in [2.75, 3.05) is 6.61 Å². The lowest BCUT2D eigenvalue weighted by atomic mass is 10.0. The lowest BCUT2D eigenvalue weighted by Crippen LogP contribution is -2.05. The highest BCUT2D eigenvalue weighted by molar-refractivity contribution is 6.09. The minimum atomic E-state index is -0.492. The average molecular weight is 286 g/mol. The number of hydrogen-bond donors (Lipinski definition) is 0. The van der Waals surface area contributed by atoms with Crippen LogP contribution in [0, 0.1) is 12.7 Å². The molecule has 0 saturated heterocycles. The molecule has 0 spiro atoms. The van der Waals surface area contributed by atoms with Gasteiger partial charge in [-0.15, -0.1) is 0 Å². The Morgan fingerprint density at radius 2 is 1.86 bits per heavy atom. The first kappa shape index (κ1) is 15.2. The molecule has 3 heteroatoms. The number of hydrogen-bond acceptors (Lipinski definition) is 2. The van der Waals surface area contributed by atoms with Crippen LogP contribution in [-0.2, 0) is 0 Å². The maximum atomic E-state index is 13.7. The Labute approximate surface area is 124 Å². The highest BCUT2D eigenvalue weighted by Gasteiger charge is 2.14. The van der Waals surface area contributed by atoms with Crippen molar-refractivity contribution in [1.82, 2.24) is 0 Å². The van der Waals surface area contributed by atoms with Gasteiger partial charge >= 0.3 is 0 Å². The predicted octanol–water partition coefficient (Wildman–Crippen LogP) is 4.54. The summed E-state index contributed by atoms with van der Waals surface area (Å²) in [6.07, 6.45) is 2.07. The standard InChI is InChI=1S/C18H19FO2/c1-3-4-11-21-15-8-6-14(7-9-15)18(20)16-12-13(2)5-10-17(16)19/h5-10,12H,3-4,11H2,1-2H3. The Balaban J connectivity index is 2.14. The molecule has 0 aromatic heterocycles. The fraction of sp³-hybridized carbons (Fsp3) is 0.278. The zero-order valence-electron chi connectivity index (χ0n) is 12.4. The second-order valence-electron chi connectivity index (χ2n) is 5.04. The lowest BCUT2D eigenvalue weighted by Gasteiger charge is -2.07. The number of carbonyl (C=O) groups excluding carboxylic acids is 1. The van der Waals surface area contributed by atoms with Gasteiger partial charge in [-0.1, -0.05) is 25.0 Å². The molecule has 110 valence electrons. The molecule has 2 aromatic carbocycles. The quantitative estimate of drug-likeness (QED) is 0.575. The van der Waals surface area contributed by atoms with E-state index in [1.54, 1.807) is 36.4 Å². The summed E-state index contributed by atoms with van der Waals surface area (Å²) in [6.45, 7) is 4.60. The van der Waals surface area contributed by atoms with Crippen LogP contribution < -0.4 is 4.74 Å². The van der Waals surface area contributed by atoms with E-state index in [-0.39, 0.29) is 11.3 Å². The zero-order valence-corrected chi connectivity index (χ0v) is 12.4. The number of carbonyl (C=O) groups is 1. The minimum absolute atomic E-state index is 0.106. The molecule has 0 aliphatic carbocycles. The summed E-state index contributed by atoms with van der Waals surface area (Å²) in [6, 6.07) is 11.4. The zero-order chi connectivity index (χ0) is 15.2. The summed E-state index contributed by atoms with van der Waals surface area (Å²) in [7, 11) is 0. The Bertz CT molecular complexity index is 618. The van der Waals surface area contributed by atoms with Gasteiger partial charge in [0, 0.05) is 5.56 Å². The van der Waals surface area contributed by atoms with E-state index in [0.29, 0.717) is 12.2 Å². The fourth-order valence-electron chi connectivity index (χ4n) is 2.01. The van der Waals surface area contributed by atoms with E-state index in [9.17, 15) is 9.18 Å². The van der Waals surface area contributed by atoms with Crippen LogP contribution in [0.3, 0.4) is 0 Å². The van der Waals surface area contributed by atoms with Gasteiger partial charge in [0.15, 0.2) is 5.78 Å². The second kappa shape index (κ2) is 7.02. The van der Waals surface area contributed by atoms with Crippen molar-refractivity contribution in [3.63, 3.8) is 0 Å². The molecule has 0 heterocycles. The van der Waals surface area contributed by atoms with Gasteiger partial charge in [-0.25, -0.2) is 4.39 Å². The number of unbranched alkanes of at least 4 members (excludes halogenated alkanes) is 1. The van der Waals surface area contributed by atoms with E-state index < -0.39 is 5.82 Å². The first-order chi connectivity index (χ1) is 10.1. The highest BCUT2D eigenvalue weighted by Crippen LogP contribution is 2.18. The Morgan fingerprint density at radius 3 is 2.52 bits per heavy atom. The van der Waals surface area contributed by atoms with E-state index >= 15 is 0 Å². The largest absolute Gasteiger partial charge is 0.494 e. The topological polar surface area (TPSA) is 26.3 Å². The van der Waals surface area contributed by atoms with E-state index in [1.165, 1.54) is 6.07 Å². The molecule has 0 N–H and O–H groups in total. The third-order valence-electron chi connectivity index (χ3n) is 3.25. The maximum Gasteiger partial charge on any atom is 0.195 e. The lowest BCUT2D eigenvalue weighted by molar-refractivity contribution is 0.103. The first-order valence-electron chi connectivity index (χ1n) is 7.15. The summed E-state index contributed by atoms with van der Waals surface area (Å²) in [4.78, 5) is 12.3. The molecular weight excluding hydrogens is 267 g/mol. The van der Waals surface area contributed by atoms with E-state index in [4.69, 9.17) is 4.74 Å². The molecule has 2 rings (SSSR count). The van der Waals surface area contributed by atoms with Crippen LogP contribution in [0.2, 0.25) is 0 Å². The van der Waals surface area contributed by atoms with Crippen LogP contribution in [0.4, 0.5) is 4.39 Å². The normalized spacial score (nSPS) is 10.4. The Kier molecular flexibility index (Phi) is 5.09. The summed E-state index contributed by atoms with van der Waals surface area (Å²) in [5.74, 6) is -0.0742. The number of benzene rings is 2. The van der Waals surface area contributed by atoms with Crippen LogP contribution in [0.15, 0.2) is 42.5 Å². The molecule has 0 bridgehead atoms. The van der Waals surface area contributed by atoms with Crippen molar-refractivity contribution in [1.29, 1.82) is 0 Å². The van der Waals surface area contributed by atoms with Crippen LogP contribution in [0.25, 0.3) is 0 Å². The molecule has 0 amide bonds. The number of halogens is 1. The summed E-state index contributed by atoms with van der Waals surface area (Å²) in [5.41, 5.74) is 1.43. The fourth-order valence-corrected chi connectivity index (χ4v) is 2.01. The molecular formula is C18H19FO2. The molecule has 0 fully saturated rings. The molecule has 0 aliphatic heterocycles. The maximum absolute atomic E-state index is 13.7. The summed E-state index contributed by atoms with van der Waals surface area (Å²) >= 11 is 0. The van der Waals surface area contributed by atoms with Crippen molar-refractivity contribution in [2.45, 2.75) is 26.7 Å². The van der Waals surface area contributed by atoms with E-state index in [2.05, 4.69) is 6.92 Å². The van der Waals surface area contributed by atoms with Crippen molar-refractivity contribution in [2.24, 2.45) is 0 Å². The van der Waals surface area contributed by atoms with Gasteiger partial charge in [-0.05, 0) is 49.7 Å². The van der Waals surface area contributed by atoms with Crippen molar-refractivity contribution in [3.8, 4) is 5.75 Å². The van der Waals surface area contributed by atoms with Crippen molar-refractivity contribution in [3.05, 3.63) is 65.0 Å². The summed E-state index contributed by atoms with van der Waals surface area (Å²) in [5, 5.41) is 0. The van der Waals surface area contributed by atoms with Crippen LogP contribution in [-0.4, -0.2) is 12.4 Å². The highest BCUT2D eigenvalue weighted by atomic mass is 19.1. The van der Waals surface area contributed by atoms with Crippen LogP contribution in [0.1, 0.15) is 41.3 Å². The Morgan fingerprint density at radius 1 is 1.14 bits per heavy atom. The van der Waals surface area contributed by atoms with E-state index in [0.717, 1.165) is 24.2 Å². The molecule has 0 saturated carbocycles. The van der Waals surface area contributed by atoms with Gasteiger partial charge in [0.05, 0.1) is 12.2 Å². The number of rotatable bonds is 6. The number of ether oxygens (including phenoxy) is 1. The van der Waals surface area contributed by atoms with Gasteiger partial charge in [-0.3, -0.25) is 4.79 Å². The van der Waals surface area contributed by atoms with Crippen LogP contribution in [0.5, 0.6) is 5.75 Å². The molecule has 2 nitrogen and oxygen atoms in total. The van der Waals surface area contributed by atoms with E-state index in [1.807, 2.05) is 6.92 Å². The van der Waals surface area contributed by atoms with Crippen molar-refractivity contribution >= 4 is 5.78 Å². The molecule has 0 aliphatic rings. The van der Waals surface area contributed by atoms with Gasteiger partial charge in [0.25, 0.3) is 0 Å². The first-order valence-corrected chi connectivity index (χ1v) is 7.15. The van der Waals surface area contributed by atoms with Gasteiger partial charge in [-0.2, -0.15) is 0 Å². The van der Waals surface area contributed by atoms with Crippen molar-refractivity contribution < 1.29 is 13.9 Å². The average Bonchev–Trinajstić information content (AvgIpc) is 2.50. The Hall–Kier alpha value is -2.16. The predicted molar refractivity (Wildman–Crippen MR) is 81.4 cm³/mol. The molecule has 21 heavy (non-hydrogen) atoms. The third-order valence-corrected chi connectivity index (χ3v) is 3.25.